The lowest BCUT2D eigenvalue weighted by molar-refractivity contribution is 0.0980. The summed E-state index contributed by atoms with van der Waals surface area (Å²) in [7, 11) is 0. The Morgan fingerprint density at radius 1 is 0.552 bits per heavy atom. The highest BCUT2D eigenvalue weighted by Crippen LogP contribution is 2.43. The number of ketones is 2. The Balaban J connectivity index is 0.984. The fraction of sp³-hybridized carbons (Fsp3) is 0.500. The fourth-order valence-corrected chi connectivity index (χ4v) is 10.2. The molecule has 2 N–H and O–H groups in total. The van der Waals surface area contributed by atoms with Crippen LogP contribution in [0.1, 0.15) is 158 Å². The van der Waals surface area contributed by atoms with E-state index in [1.54, 1.807) is 12.1 Å². The largest absolute Gasteiger partial charge is 0.493 e. The smallest absolute Gasteiger partial charge is 0.196 e. The van der Waals surface area contributed by atoms with Crippen LogP contribution >= 0.6 is 0 Å². The van der Waals surface area contributed by atoms with Gasteiger partial charge in [0.25, 0.3) is 0 Å². The summed E-state index contributed by atoms with van der Waals surface area (Å²) >= 11 is 0. The molecule has 7 rings (SSSR count). The molecule has 0 saturated heterocycles. The molecule has 0 bridgehead atoms. The number of hydrogen-bond donors (Lipinski definition) is 2. The van der Waals surface area contributed by atoms with Crippen LogP contribution in [0.2, 0.25) is 0 Å². The number of unbranched alkanes of at least 4 members (excludes halogenated alkanes) is 3. The summed E-state index contributed by atoms with van der Waals surface area (Å²) in [6.07, 6.45) is 18.8. The molecule has 0 aliphatic heterocycles. The molecule has 2 saturated carbocycles. The highest BCUT2D eigenvalue weighted by Gasteiger charge is 2.34. The molecule has 3 aliphatic carbocycles. The van der Waals surface area contributed by atoms with Gasteiger partial charge in [-0.1, -0.05) is 83.1 Å². The van der Waals surface area contributed by atoms with Crippen LogP contribution in [0.4, 0.5) is 22.7 Å². The van der Waals surface area contributed by atoms with Crippen LogP contribution in [0.5, 0.6) is 11.5 Å². The number of fused-ring (bicyclic) bond motifs is 2. The molecule has 0 radical (unpaired) electrons. The molecule has 0 heterocycles. The minimum atomic E-state index is -0.167. The van der Waals surface area contributed by atoms with Crippen LogP contribution in [-0.4, -0.2) is 24.8 Å². The third kappa shape index (κ3) is 9.32. The molecular weight excluding hydrogens is 717 g/mol. The van der Waals surface area contributed by atoms with Crippen molar-refractivity contribution in [3.05, 3.63) is 105 Å². The Bertz CT molecular complexity index is 2040. The topological polar surface area (TPSA) is 76.7 Å². The minimum absolute atomic E-state index is 0.165. The molecule has 4 aromatic rings. The SMILES string of the molecule is CCCCCC1CCC(C2CCC(COc3c(C)cc(Nc4cccc5c4C(=O)c4cccc(Nc6cc(C)c(OCCCC)c(C)c6)c4C5=O)cc3C)CC2)CC1. The number of carbonyl (C=O) groups excluding carboxylic acids is 2. The summed E-state index contributed by atoms with van der Waals surface area (Å²) < 4.78 is 12.6. The number of hydrogen-bond acceptors (Lipinski definition) is 6. The van der Waals surface area contributed by atoms with Crippen LogP contribution in [-0.2, 0) is 0 Å². The number of nitrogens with one attached hydrogen (secondary N) is 2. The summed E-state index contributed by atoms with van der Waals surface area (Å²) in [6.45, 7) is 14.2. The van der Waals surface area contributed by atoms with Crippen molar-refractivity contribution in [2.75, 3.05) is 23.8 Å². The van der Waals surface area contributed by atoms with E-state index in [2.05, 4.69) is 50.5 Å². The highest BCUT2D eigenvalue weighted by atomic mass is 16.5. The van der Waals surface area contributed by atoms with Gasteiger partial charge in [0, 0.05) is 22.5 Å². The highest BCUT2D eigenvalue weighted by molar-refractivity contribution is 6.32. The Morgan fingerprint density at radius 2 is 1.00 bits per heavy atom. The van der Waals surface area contributed by atoms with Crippen LogP contribution in [0.25, 0.3) is 0 Å². The first-order chi connectivity index (χ1) is 28.1. The molecule has 308 valence electrons. The predicted octanol–water partition coefficient (Wildman–Crippen LogP) is 13.9. The van der Waals surface area contributed by atoms with Crippen molar-refractivity contribution in [3.63, 3.8) is 0 Å². The van der Waals surface area contributed by atoms with Gasteiger partial charge in [-0.2, -0.15) is 0 Å². The van der Waals surface area contributed by atoms with Gasteiger partial charge >= 0.3 is 0 Å². The molecule has 0 atom stereocenters. The van der Waals surface area contributed by atoms with Gasteiger partial charge in [-0.05, 0) is 155 Å². The zero-order valence-corrected chi connectivity index (χ0v) is 36.0. The van der Waals surface area contributed by atoms with E-state index in [9.17, 15) is 9.59 Å². The van der Waals surface area contributed by atoms with Gasteiger partial charge < -0.3 is 20.1 Å². The number of anilines is 4. The van der Waals surface area contributed by atoms with Crippen LogP contribution in [0, 0.1) is 51.4 Å². The van der Waals surface area contributed by atoms with Gasteiger partial charge in [-0.15, -0.1) is 0 Å². The Morgan fingerprint density at radius 3 is 1.47 bits per heavy atom. The molecule has 0 spiro atoms. The predicted molar refractivity (Wildman–Crippen MR) is 239 cm³/mol. The molecule has 3 aliphatic rings. The molecular formula is C52H66N2O4. The van der Waals surface area contributed by atoms with Crippen molar-refractivity contribution in [2.45, 2.75) is 131 Å². The minimum Gasteiger partial charge on any atom is -0.493 e. The Labute approximate surface area is 347 Å². The zero-order valence-electron chi connectivity index (χ0n) is 36.0. The van der Waals surface area contributed by atoms with Crippen molar-refractivity contribution in [2.24, 2.45) is 23.7 Å². The first kappa shape index (κ1) is 41.6. The third-order valence-corrected chi connectivity index (χ3v) is 13.4. The van der Waals surface area contributed by atoms with E-state index in [4.69, 9.17) is 9.47 Å². The Kier molecular flexibility index (Phi) is 13.6. The summed E-state index contributed by atoms with van der Waals surface area (Å²) in [5.41, 5.74) is 8.73. The van der Waals surface area contributed by atoms with Crippen molar-refractivity contribution in [1.82, 2.24) is 0 Å². The summed E-state index contributed by atoms with van der Waals surface area (Å²) in [6, 6.07) is 19.2. The average Bonchev–Trinajstić information content (AvgIpc) is 3.21. The number of ether oxygens (including phenoxy) is 2. The van der Waals surface area contributed by atoms with Gasteiger partial charge in [-0.25, -0.2) is 0 Å². The molecule has 0 unspecified atom stereocenters. The van der Waals surface area contributed by atoms with Gasteiger partial charge in [0.05, 0.1) is 35.7 Å². The molecule has 4 aromatic carbocycles. The van der Waals surface area contributed by atoms with E-state index in [1.807, 2.05) is 50.2 Å². The number of carbonyl (C=O) groups is 2. The molecule has 6 heteroatoms. The monoisotopic (exact) mass is 783 g/mol. The van der Waals surface area contributed by atoms with Gasteiger partial charge in [0.2, 0.25) is 0 Å². The van der Waals surface area contributed by atoms with E-state index in [1.165, 1.54) is 77.0 Å². The number of aryl methyl sites for hydroxylation is 4. The normalized spacial score (nSPS) is 20.3. The number of rotatable bonds is 16. The maximum Gasteiger partial charge on any atom is 0.196 e. The van der Waals surface area contributed by atoms with Gasteiger partial charge in [0.1, 0.15) is 11.5 Å². The quantitative estimate of drug-likeness (QED) is 0.0971. The third-order valence-electron chi connectivity index (χ3n) is 13.4. The van der Waals surface area contributed by atoms with E-state index in [0.29, 0.717) is 46.2 Å². The van der Waals surface area contributed by atoms with E-state index in [0.717, 1.165) is 82.3 Å². The average molecular weight is 783 g/mol. The lowest BCUT2D eigenvalue weighted by Gasteiger charge is -2.38. The second kappa shape index (κ2) is 19.0. The van der Waals surface area contributed by atoms with Gasteiger partial charge in [-0.3, -0.25) is 9.59 Å². The number of benzene rings is 4. The second-order valence-electron chi connectivity index (χ2n) is 17.8. The molecule has 58 heavy (non-hydrogen) atoms. The first-order valence-corrected chi connectivity index (χ1v) is 22.5. The van der Waals surface area contributed by atoms with Crippen molar-refractivity contribution in [3.8, 4) is 11.5 Å². The summed E-state index contributed by atoms with van der Waals surface area (Å²) in [5, 5.41) is 6.97. The van der Waals surface area contributed by atoms with E-state index in [-0.39, 0.29) is 11.6 Å². The standard InChI is InChI=1S/C52H66N2O4/c1-7-9-11-14-37-19-23-39(24-20-37)40-25-21-38(22-26-40)32-58-52-35(5)30-42(31-36(52)6)54-46-18-13-16-44-48(46)50(56)43-15-12-17-45(47(43)49(44)55)53-41-28-33(3)51(34(4)29-41)57-27-10-8-2/h12-13,15-18,28-31,37-40,53-54H,7-11,14,19-27,32H2,1-6H3. The second-order valence-corrected chi connectivity index (χ2v) is 17.8. The fourth-order valence-electron chi connectivity index (χ4n) is 10.2. The zero-order chi connectivity index (χ0) is 40.8. The Hall–Kier alpha value is -4.58. The lowest BCUT2D eigenvalue weighted by Crippen LogP contribution is -2.27. The van der Waals surface area contributed by atoms with Crippen molar-refractivity contribution < 1.29 is 19.1 Å². The maximum absolute atomic E-state index is 14.3. The van der Waals surface area contributed by atoms with E-state index < -0.39 is 0 Å². The van der Waals surface area contributed by atoms with Crippen LogP contribution in [0.15, 0.2) is 60.7 Å². The summed E-state index contributed by atoms with van der Waals surface area (Å²) in [4.78, 5) is 28.5. The first-order valence-electron chi connectivity index (χ1n) is 22.5. The van der Waals surface area contributed by atoms with Crippen LogP contribution < -0.4 is 20.1 Å². The van der Waals surface area contributed by atoms with E-state index >= 15 is 0 Å². The molecule has 2 fully saturated rings. The molecule has 0 amide bonds. The van der Waals surface area contributed by atoms with Crippen molar-refractivity contribution >= 4 is 34.3 Å². The van der Waals surface area contributed by atoms with Crippen molar-refractivity contribution in [1.29, 1.82) is 0 Å². The maximum atomic E-state index is 14.3. The van der Waals surface area contributed by atoms with Crippen LogP contribution in [0.3, 0.4) is 0 Å². The van der Waals surface area contributed by atoms with Gasteiger partial charge in [0.15, 0.2) is 11.6 Å². The molecule has 6 nitrogen and oxygen atoms in total. The lowest BCUT2D eigenvalue weighted by atomic mass is 9.69. The molecule has 0 aromatic heterocycles. The summed E-state index contributed by atoms with van der Waals surface area (Å²) in [5.74, 6) is 4.97.